The molecule has 1 aliphatic carbocycles. The van der Waals surface area contributed by atoms with Gasteiger partial charge in [-0.25, -0.2) is 0 Å². The molecule has 1 heterocycles. The molecule has 1 N–H and O–H groups in total. The quantitative estimate of drug-likeness (QED) is 0.789. The maximum Gasteiger partial charge on any atom is 0.324 e. The van der Waals surface area contributed by atoms with Crippen molar-refractivity contribution >= 4 is 11.9 Å². The van der Waals surface area contributed by atoms with Gasteiger partial charge in [-0.3, -0.25) is 14.5 Å². The number of carboxylic acid groups (broad SMARTS) is 1. The second-order valence-corrected chi connectivity index (χ2v) is 6.58. The summed E-state index contributed by atoms with van der Waals surface area (Å²) >= 11 is 0. The van der Waals surface area contributed by atoms with E-state index < -0.39 is 17.6 Å². The largest absolute Gasteiger partial charge is 0.480 e. The highest BCUT2D eigenvalue weighted by molar-refractivity contribution is 5.85. The van der Waals surface area contributed by atoms with Gasteiger partial charge in [-0.1, -0.05) is 0 Å². The Kier molecular flexibility index (Phi) is 3.37. The topological polar surface area (TPSA) is 66.8 Å². The van der Waals surface area contributed by atoms with Gasteiger partial charge in [0.25, 0.3) is 0 Å². The molecular weight excluding hydrogens is 246 g/mol. The van der Waals surface area contributed by atoms with Crippen molar-refractivity contribution in [3.63, 3.8) is 0 Å². The van der Waals surface area contributed by atoms with E-state index in [2.05, 4.69) is 0 Å². The molecule has 0 spiro atoms. The van der Waals surface area contributed by atoms with Crippen LogP contribution < -0.4 is 0 Å². The molecule has 5 nitrogen and oxygen atoms in total. The molecule has 2 bridgehead atoms. The third-order valence-electron chi connectivity index (χ3n) is 4.36. The number of piperidine rings is 1. The van der Waals surface area contributed by atoms with Gasteiger partial charge < -0.3 is 9.84 Å². The van der Waals surface area contributed by atoms with Crippen LogP contribution in [-0.4, -0.2) is 45.7 Å². The molecule has 19 heavy (non-hydrogen) atoms. The van der Waals surface area contributed by atoms with E-state index in [9.17, 15) is 14.7 Å². The van der Waals surface area contributed by atoms with E-state index >= 15 is 0 Å². The van der Waals surface area contributed by atoms with Gasteiger partial charge in [0.05, 0.1) is 6.61 Å². The van der Waals surface area contributed by atoms with Crippen LogP contribution in [0.1, 0.15) is 47.0 Å². The van der Waals surface area contributed by atoms with Crippen LogP contribution in [0.2, 0.25) is 0 Å². The predicted octanol–water partition coefficient (Wildman–Crippen LogP) is 1.66. The van der Waals surface area contributed by atoms with Gasteiger partial charge in [-0.15, -0.1) is 0 Å². The summed E-state index contributed by atoms with van der Waals surface area (Å²) in [6.45, 7) is 8.00. The first kappa shape index (κ1) is 14.3. The maximum absolute atomic E-state index is 12.2. The number of ether oxygens (including phenoxy) is 1. The maximum atomic E-state index is 12.2. The van der Waals surface area contributed by atoms with E-state index in [0.29, 0.717) is 19.4 Å². The van der Waals surface area contributed by atoms with Crippen molar-refractivity contribution < 1.29 is 19.4 Å². The van der Waals surface area contributed by atoms with Crippen LogP contribution in [0.15, 0.2) is 0 Å². The lowest BCUT2D eigenvalue weighted by atomic mass is 9.88. The Labute approximate surface area is 113 Å². The van der Waals surface area contributed by atoms with Crippen molar-refractivity contribution in [3.05, 3.63) is 0 Å². The van der Waals surface area contributed by atoms with E-state index in [0.717, 1.165) is 6.42 Å². The molecule has 1 saturated heterocycles. The molecule has 3 atom stereocenters. The standard InChI is InChI=1S/C14H23NO4/c1-5-19-11(16)10-9-6-7-14(8-9,12(17)18)15(10)13(2,3)4/h9-10H,5-8H2,1-4H3,(H,17,18)/t9-,10+,14+/m0/s1. The number of aliphatic carboxylic acids is 1. The van der Waals surface area contributed by atoms with Crippen LogP contribution >= 0.6 is 0 Å². The van der Waals surface area contributed by atoms with Crippen molar-refractivity contribution in [1.29, 1.82) is 0 Å². The zero-order valence-electron chi connectivity index (χ0n) is 12.1. The molecule has 0 unspecified atom stereocenters. The number of rotatable bonds is 3. The van der Waals surface area contributed by atoms with E-state index in [1.54, 1.807) is 6.92 Å². The fourth-order valence-corrected chi connectivity index (χ4v) is 3.91. The number of esters is 1. The Morgan fingerprint density at radius 3 is 2.53 bits per heavy atom. The zero-order chi connectivity index (χ0) is 14.4. The van der Waals surface area contributed by atoms with Gasteiger partial charge in [0, 0.05) is 5.54 Å². The highest BCUT2D eigenvalue weighted by atomic mass is 16.5. The first-order chi connectivity index (χ1) is 8.74. The molecule has 0 aromatic carbocycles. The molecule has 2 fully saturated rings. The lowest BCUT2D eigenvalue weighted by Crippen LogP contribution is -2.63. The Morgan fingerprint density at radius 2 is 2.05 bits per heavy atom. The average molecular weight is 269 g/mol. The third-order valence-corrected chi connectivity index (χ3v) is 4.36. The second-order valence-electron chi connectivity index (χ2n) is 6.58. The van der Waals surface area contributed by atoms with Crippen molar-refractivity contribution in [2.45, 2.75) is 64.1 Å². The van der Waals surface area contributed by atoms with E-state index in [-0.39, 0.29) is 17.4 Å². The summed E-state index contributed by atoms with van der Waals surface area (Å²) in [5.74, 6) is -0.976. The molecule has 0 radical (unpaired) electrons. The van der Waals surface area contributed by atoms with Gasteiger partial charge in [0.1, 0.15) is 11.6 Å². The molecule has 2 aliphatic rings. The third kappa shape index (κ3) is 2.04. The number of likely N-dealkylation sites (tertiary alicyclic amines) is 1. The van der Waals surface area contributed by atoms with Crippen molar-refractivity contribution in [2.75, 3.05) is 6.61 Å². The molecule has 5 heteroatoms. The number of nitrogens with zero attached hydrogens (tertiary/aromatic N) is 1. The van der Waals surface area contributed by atoms with E-state index in [1.807, 2.05) is 25.7 Å². The minimum Gasteiger partial charge on any atom is -0.480 e. The van der Waals surface area contributed by atoms with Crippen LogP contribution in [-0.2, 0) is 14.3 Å². The normalized spacial score (nSPS) is 34.5. The summed E-state index contributed by atoms with van der Waals surface area (Å²) in [5, 5.41) is 9.66. The Bertz CT molecular complexity index is 401. The van der Waals surface area contributed by atoms with Gasteiger partial charge >= 0.3 is 11.9 Å². The lowest BCUT2D eigenvalue weighted by molar-refractivity contribution is -0.165. The summed E-state index contributed by atoms with van der Waals surface area (Å²) < 4.78 is 5.16. The van der Waals surface area contributed by atoms with Gasteiger partial charge in [-0.2, -0.15) is 0 Å². The molecule has 1 aliphatic heterocycles. The van der Waals surface area contributed by atoms with Gasteiger partial charge in [-0.05, 0) is 52.9 Å². The van der Waals surface area contributed by atoms with Crippen LogP contribution in [0.4, 0.5) is 0 Å². The number of carboxylic acids is 1. The highest BCUT2D eigenvalue weighted by Crippen LogP contribution is 2.53. The number of hydrogen-bond acceptors (Lipinski definition) is 4. The summed E-state index contributed by atoms with van der Waals surface area (Å²) in [4.78, 5) is 25.9. The van der Waals surface area contributed by atoms with E-state index in [4.69, 9.17) is 4.74 Å². The average Bonchev–Trinajstić information content (AvgIpc) is 2.84. The van der Waals surface area contributed by atoms with Crippen LogP contribution in [0.25, 0.3) is 0 Å². The number of carbonyl (C=O) groups is 2. The smallest absolute Gasteiger partial charge is 0.324 e. The molecule has 1 saturated carbocycles. The fourth-order valence-electron chi connectivity index (χ4n) is 3.91. The van der Waals surface area contributed by atoms with Gasteiger partial charge in [0.15, 0.2) is 0 Å². The van der Waals surface area contributed by atoms with Crippen molar-refractivity contribution in [2.24, 2.45) is 5.92 Å². The molecule has 2 rings (SSSR count). The Balaban J connectivity index is 2.40. The molecular formula is C14H23NO4. The first-order valence-corrected chi connectivity index (χ1v) is 6.93. The number of hydrogen-bond donors (Lipinski definition) is 1. The van der Waals surface area contributed by atoms with Crippen LogP contribution in [0.3, 0.4) is 0 Å². The highest BCUT2D eigenvalue weighted by Gasteiger charge is 2.65. The fraction of sp³-hybridized carbons (Fsp3) is 0.857. The second kappa shape index (κ2) is 4.47. The summed E-state index contributed by atoms with van der Waals surface area (Å²) in [6.07, 6.45) is 1.98. The molecule has 0 amide bonds. The summed E-state index contributed by atoms with van der Waals surface area (Å²) in [6, 6.07) is -0.412. The molecule has 0 aromatic rings. The molecule has 0 aromatic heterocycles. The minimum absolute atomic E-state index is 0.106. The number of carbonyl (C=O) groups excluding carboxylic acids is 1. The van der Waals surface area contributed by atoms with Crippen LogP contribution in [0, 0.1) is 5.92 Å². The zero-order valence-corrected chi connectivity index (χ0v) is 12.1. The lowest BCUT2D eigenvalue weighted by Gasteiger charge is -2.47. The van der Waals surface area contributed by atoms with Crippen LogP contribution in [0.5, 0.6) is 0 Å². The predicted molar refractivity (Wildman–Crippen MR) is 69.7 cm³/mol. The Morgan fingerprint density at radius 1 is 1.42 bits per heavy atom. The SMILES string of the molecule is CCOC(=O)[C@H]1[C@H]2CC[C@](C(=O)O)(C2)N1C(C)(C)C. The minimum atomic E-state index is -0.889. The summed E-state index contributed by atoms with van der Waals surface area (Å²) in [5.41, 5.74) is -1.26. The van der Waals surface area contributed by atoms with Gasteiger partial charge in [0.2, 0.25) is 0 Å². The van der Waals surface area contributed by atoms with Crippen molar-refractivity contribution in [1.82, 2.24) is 4.90 Å². The van der Waals surface area contributed by atoms with Crippen molar-refractivity contribution in [3.8, 4) is 0 Å². The van der Waals surface area contributed by atoms with E-state index in [1.165, 1.54) is 0 Å². The monoisotopic (exact) mass is 269 g/mol. The number of fused-ring (bicyclic) bond motifs is 2. The first-order valence-electron chi connectivity index (χ1n) is 6.93. The Hall–Kier alpha value is -1.10. The molecule has 108 valence electrons. The summed E-state index contributed by atoms with van der Waals surface area (Å²) in [7, 11) is 0.